The zero-order chi connectivity index (χ0) is 31.2. The van der Waals surface area contributed by atoms with Crippen LogP contribution in [0.1, 0.15) is 76.8 Å². The van der Waals surface area contributed by atoms with E-state index in [1.165, 1.54) is 0 Å². The average molecular weight is 616 g/mol. The quantitative estimate of drug-likeness (QED) is 0.295. The Kier molecular flexibility index (Phi) is 7.83. The molecule has 0 bridgehead atoms. The number of para-hydroxylation sites is 1. The number of halogens is 6. The third-order valence-corrected chi connectivity index (χ3v) is 9.15. The molecule has 2 heterocycles. The van der Waals surface area contributed by atoms with Crippen LogP contribution in [-0.2, 0) is 17.1 Å². The SMILES string of the molecule is O=C(N[C@@H]1CCCC[C@@H]1C(=O)N1CC[C@H]2[C@H](c3ccccc3)Nc3ccccc3[C@@H]21)c1cc(C(F)(F)F)cc(C(F)(F)F)c1. The summed E-state index contributed by atoms with van der Waals surface area (Å²) in [6.45, 7) is 0.493. The van der Waals surface area contributed by atoms with Gasteiger partial charge in [0, 0.05) is 29.8 Å². The van der Waals surface area contributed by atoms with Gasteiger partial charge in [-0.1, -0.05) is 61.4 Å². The molecule has 232 valence electrons. The molecule has 44 heavy (non-hydrogen) atoms. The maximum Gasteiger partial charge on any atom is 0.416 e. The van der Waals surface area contributed by atoms with Gasteiger partial charge in [-0.2, -0.15) is 26.3 Å². The van der Waals surface area contributed by atoms with E-state index in [9.17, 15) is 35.9 Å². The molecule has 0 aromatic heterocycles. The molecule has 3 aromatic carbocycles. The van der Waals surface area contributed by atoms with Gasteiger partial charge in [-0.3, -0.25) is 9.59 Å². The minimum absolute atomic E-state index is 0.00686. The van der Waals surface area contributed by atoms with Crippen LogP contribution in [0.2, 0.25) is 0 Å². The second kappa shape index (κ2) is 11.5. The molecule has 5 nitrogen and oxygen atoms in total. The van der Waals surface area contributed by atoms with E-state index in [0.29, 0.717) is 37.9 Å². The first kappa shape index (κ1) is 30.0. The van der Waals surface area contributed by atoms with Crippen molar-refractivity contribution in [2.75, 3.05) is 11.9 Å². The fourth-order valence-corrected chi connectivity index (χ4v) is 7.11. The Bertz CT molecular complexity index is 1510. The number of carbonyl (C=O) groups is 2. The summed E-state index contributed by atoms with van der Waals surface area (Å²) < 4.78 is 80.5. The molecule has 1 saturated heterocycles. The number of alkyl halides is 6. The number of hydrogen-bond acceptors (Lipinski definition) is 3. The zero-order valence-electron chi connectivity index (χ0n) is 23.6. The van der Waals surface area contributed by atoms with E-state index in [1.54, 1.807) is 0 Å². The molecule has 0 radical (unpaired) electrons. The van der Waals surface area contributed by atoms with Gasteiger partial charge in [0.15, 0.2) is 0 Å². The number of carbonyl (C=O) groups excluding carboxylic acids is 2. The van der Waals surface area contributed by atoms with Crippen molar-refractivity contribution in [2.45, 2.75) is 62.6 Å². The van der Waals surface area contributed by atoms with E-state index in [1.807, 2.05) is 47.4 Å². The van der Waals surface area contributed by atoms with Crippen molar-refractivity contribution in [3.05, 3.63) is 101 Å². The summed E-state index contributed by atoms with van der Waals surface area (Å²) in [5.41, 5.74) is -0.836. The number of amides is 2. The minimum atomic E-state index is -5.07. The fraction of sp³-hybridized carbons (Fsp3) is 0.394. The highest BCUT2D eigenvalue weighted by Crippen LogP contribution is 2.52. The van der Waals surface area contributed by atoms with Crippen molar-refractivity contribution >= 4 is 17.5 Å². The van der Waals surface area contributed by atoms with Crippen LogP contribution in [0.4, 0.5) is 32.0 Å². The fourth-order valence-electron chi connectivity index (χ4n) is 7.11. The van der Waals surface area contributed by atoms with Crippen molar-refractivity contribution in [3.63, 3.8) is 0 Å². The predicted octanol–water partition coefficient (Wildman–Crippen LogP) is 7.77. The molecule has 1 aliphatic carbocycles. The highest BCUT2D eigenvalue weighted by atomic mass is 19.4. The Morgan fingerprint density at radius 1 is 0.795 bits per heavy atom. The lowest BCUT2D eigenvalue weighted by Crippen LogP contribution is -2.50. The van der Waals surface area contributed by atoms with E-state index in [0.717, 1.165) is 29.7 Å². The van der Waals surface area contributed by atoms with E-state index in [-0.39, 0.29) is 30.0 Å². The van der Waals surface area contributed by atoms with Gasteiger partial charge in [-0.05, 0) is 54.7 Å². The molecule has 5 atom stereocenters. The summed E-state index contributed by atoms with van der Waals surface area (Å²) >= 11 is 0. The van der Waals surface area contributed by atoms with Crippen molar-refractivity contribution in [2.24, 2.45) is 11.8 Å². The number of fused-ring (bicyclic) bond motifs is 3. The van der Waals surface area contributed by atoms with Gasteiger partial charge < -0.3 is 15.5 Å². The van der Waals surface area contributed by atoms with Crippen LogP contribution in [0.15, 0.2) is 72.8 Å². The Balaban J connectivity index is 1.27. The number of nitrogens with one attached hydrogen (secondary N) is 2. The number of hydrogen-bond donors (Lipinski definition) is 2. The molecule has 6 rings (SSSR count). The number of nitrogens with zero attached hydrogens (tertiary/aromatic N) is 1. The second-order valence-corrected chi connectivity index (χ2v) is 11.8. The molecular weight excluding hydrogens is 584 g/mol. The maximum absolute atomic E-state index is 14.3. The highest BCUT2D eigenvalue weighted by Gasteiger charge is 2.48. The second-order valence-electron chi connectivity index (χ2n) is 11.8. The summed E-state index contributed by atoms with van der Waals surface area (Å²) in [4.78, 5) is 29.3. The van der Waals surface area contributed by atoms with Gasteiger partial charge >= 0.3 is 12.4 Å². The van der Waals surface area contributed by atoms with Crippen LogP contribution in [0.25, 0.3) is 0 Å². The third-order valence-electron chi connectivity index (χ3n) is 9.15. The molecular formula is C33H31F6N3O2. The molecule has 2 aliphatic heterocycles. The van der Waals surface area contributed by atoms with Gasteiger partial charge in [0.05, 0.1) is 29.1 Å². The third kappa shape index (κ3) is 5.76. The van der Waals surface area contributed by atoms with Crippen molar-refractivity contribution < 1.29 is 35.9 Å². The van der Waals surface area contributed by atoms with E-state index in [2.05, 4.69) is 22.8 Å². The maximum atomic E-state index is 14.3. The Hall–Kier alpha value is -4.02. The standard InChI is InChI=1S/C33H31F6N3O2/c34-32(35,36)21-16-20(17-22(18-21)33(37,38)39)30(43)41-27-13-7-5-11-24(27)31(44)42-15-14-25-28(19-8-2-1-3-9-19)40-26-12-6-4-10-23(26)29(25)42/h1-4,6,8-10,12,16-18,24-25,27-29,40H,5,7,11,13-15H2,(H,41,43)/t24-,25-,27+,28-,29-/m0/s1. The van der Waals surface area contributed by atoms with Crippen LogP contribution >= 0.6 is 0 Å². The molecule has 0 spiro atoms. The zero-order valence-corrected chi connectivity index (χ0v) is 23.6. The van der Waals surface area contributed by atoms with Crippen LogP contribution in [0.5, 0.6) is 0 Å². The molecule has 3 aromatic rings. The topological polar surface area (TPSA) is 61.4 Å². The number of rotatable bonds is 4. The average Bonchev–Trinajstić information content (AvgIpc) is 3.45. The first-order chi connectivity index (χ1) is 20.9. The first-order valence-corrected chi connectivity index (χ1v) is 14.7. The number of anilines is 1. The highest BCUT2D eigenvalue weighted by molar-refractivity contribution is 5.95. The molecule has 2 fully saturated rings. The van der Waals surface area contributed by atoms with Gasteiger partial charge in [-0.25, -0.2) is 0 Å². The van der Waals surface area contributed by atoms with Gasteiger partial charge in [0.1, 0.15) is 0 Å². The van der Waals surface area contributed by atoms with Crippen molar-refractivity contribution in [1.82, 2.24) is 10.2 Å². The first-order valence-electron chi connectivity index (χ1n) is 14.7. The van der Waals surface area contributed by atoms with Crippen molar-refractivity contribution in [3.8, 4) is 0 Å². The summed E-state index contributed by atoms with van der Waals surface area (Å²) in [7, 11) is 0. The minimum Gasteiger partial charge on any atom is -0.378 e. The molecule has 1 saturated carbocycles. The van der Waals surface area contributed by atoms with Crippen LogP contribution < -0.4 is 10.6 Å². The van der Waals surface area contributed by atoms with Crippen LogP contribution in [0, 0.1) is 11.8 Å². The van der Waals surface area contributed by atoms with E-state index >= 15 is 0 Å². The van der Waals surface area contributed by atoms with Crippen LogP contribution in [-0.4, -0.2) is 29.3 Å². The summed E-state index contributed by atoms with van der Waals surface area (Å²) in [5.74, 6) is -1.80. The molecule has 2 amide bonds. The normalized spacial score (nSPS) is 25.0. The molecule has 3 aliphatic rings. The number of likely N-dealkylation sites (tertiary alicyclic amines) is 1. The summed E-state index contributed by atoms with van der Waals surface area (Å²) in [6.07, 6.45) is -7.18. The Labute approximate surface area is 250 Å². The lowest BCUT2D eigenvalue weighted by molar-refractivity contribution is -0.143. The van der Waals surface area contributed by atoms with Gasteiger partial charge in [0.25, 0.3) is 5.91 Å². The monoisotopic (exact) mass is 615 g/mol. The smallest absolute Gasteiger partial charge is 0.378 e. The molecule has 11 heteroatoms. The van der Waals surface area contributed by atoms with E-state index in [4.69, 9.17) is 0 Å². The Morgan fingerprint density at radius 2 is 1.43 bits per heavy atom. The predicted molar refractivity (Wildman–Crippen MR) is 151 cm³/mol. The summed E-state index contributed by atoms with van der Waals surface area (Å²) in [6, 6.07) is 17.7. The molecule has 0 unspecified atom stereocenters. The summed E-state index contributed by atoms with van der Waals surface area (Å²) in [5, 5.41) is 6.29. The van der Waals surface area contributed by atoms with E-state index < -0.39 is 46.9 Å². The molecule has 2 N–H and O–H groups in total. The Morgan fingerprint density at radius 3 is 2.11 bits per heavy atom. The van der Waals surface area contributed by atoms with Gasteiger partial charge in [0.2, 0.25) is 5.91 Å². The number of benzene rings is 3. The lowest BCUT2D eigenvalue weighted by Gasteiger charge is -2.42. The largest absolute Gasteiger partial charge is 0.416 e. The van der Waals surface area contributed by atoms with Crippen molar-refractivity contribution in [1.29, 1.82) is 0 Å². The van der Waals surface area contributed by atoms with Crippen LogP contribution in [0.3, 0.4) is 0 Å². The lowest BCUT2D eigenvalue weighted by atomic mass is 9.79. The van der Waals surface area contributed by atoms with Gasteiger partial charge in [-0.15, -0.1) is 0 Å².